The quantitative estimate of drug-likeness (QED) is 0.807. The van der Waals surface area contributed by atoms with Gasteiger partial charge in [0, 0.05) is 24.8 Å². The van der Waals surface area contributed by atoms with E-state index in [1.165, 1.54) is 23.5 Å². The van der Waals surface area contributed by atoms with Crippen LogP contribution < -0.4 is 10.5 Å². The van der Waals surface area contributed by atoms with Crippen molar-refractivity contribution in [2.45, 2.75) is 24.7 Å². The van der Waals surface area contributed by atoms with Gasteiger partial charge in [0.15, 0.2) is 0 Å². The molecule has 0 heterocycles. The van der Waals surface area contributed by atoms with E-state index in [-0.39, 0.29) is 4.90 Å². The highest BCUT2D eigenvalue weighted by Crippen LogP contribution is 2.33. The van der Waals surface area contributed by atoms with Crippen molar-refractivity contribution >= 4 is 15.7 Å². The molecule has 1 saturated carbocycles. The summed E-state index contributed by atoms with van der Waals surface area (Å²) >= 11 is 0. The number of nitrogens with two attached hydrogens (primary N) is 1. The predicted molar refractivity (Wildman–Crippen MR) is 74.6 cm³/mol. The molecule has 0 aromatic heterocycles. The molecule has 106 valence electrons. The molecule has 0 amide bonds. The monoisotopic (exact) mass is 284 g/mol. The number of ether oxygens (including phenoxy) is 1. The molecule has 19 heavy (non-hydrogen) atoms. The zero-order valence-electron chi connectivity index (χ0n) is 11.3. The molecule has 6 heteroatoms. The highest BCUT2D eigenvalue weighted by atomic mass is 32.2. The topological polar surface area (TPSA) is 72.6 Å². The third-order valence-electron chi connectivity index (χ3n) is 3.32. The van der Waals surface area contributed by atoms with Crippen LogP contribution in [0.3, 0.4) is 0 Å². The Bertz CT molecular complexity index is 553. The Morgan fingerprint density at radius 2 is 2.11 bits per heavy atom. The summed E-state index contributed by atoms with van der Waals surface area (Å²) in [6.45, 7) is 2.91. The van der Waals surface area contributed by atoms with E-state index in [0.717, 1.165) is 12.8 Å². The summed E-state index contributed by atoms with van der Waals surface area (Å²) in [5, 5.41) is 0. The van der Waals surface area contributed by atoms with Gasteiger partial charge in [-0.05, 0) is 30.9 Å². The van der Waals surface area contributed by atoms with Gasteiger partial charge in [-0.2, -0.15) is 4.31 Å². The van der Waals surface area contributed by atoms with E-state index in [4.69, 9.17) is 10.5 Å². The number of hydrogen-bond donors (Lipinski definition) is 1. The minimum atomic E-state index is -3.51. The van der Waals surface area contributed by atoms with Gasteiger partial charge in [-0.3, -0.25) is 0 Å². The van der Waals surface area contributed by atoms with E-state index < -0.39 is 10.0 Å². The Labute approximate surface area is 114 Å². The van der Waals surface area contributed by atoms with Gasteiger partial charge in [0.25, 0.3) is 0 Å². The normalized spacial score (nSPS) is 15.7. The molecular formula is C13H20N2O3S. The van der Waals surface area contributed by atoms with Crippen molar-refractivity contribution in [2.24, 2.45) is 5.92 Å². The molecule has 2 rings (SSSR count). The fourth-order valence-electron chi connectivity index (χ4n) is 2.02. The lowest BCUT2D eigenvalue weighted by Crippen LogP contribution is -2.33. The molecule has 0 saturated heterocycles. The lowest BCUT2D eigenvalue weighted by Gasteiger charge is -2.21. The van der Waals surface area contributed by atoms with Crippen LogP contribution in [0.5, 0.6) is 5.75 Å². The van der Waals surface area contributed by atoms with Crippen molar-refractivity contribution in [1.82, 2.24) is 4.31 Å². The van der Waals surface area contributed by atoms with Crippen LogP contribution >= 0.6 is 0 Å². The third-order valence-corrected chi connectivity index (χ3v) is 5.30. The molecule has 0 atom stereocenters. The van der Waals surface area contributed by atoms with Crippen molar-refractivity contribution < 1.29 is 13.2 Å². The van der Waals surface area contributed by atoms with E-state index in [9.17, 15) is 8.42 Å². The first-order chi connectivity index (χ1) is 8.98. The maximum absolute atomic E-state index is 12.6. The number of anilines is 1. The van der Waals surface area contributed by atoms with Gasteiger partial charge >= 0.3 is 0 Å². The first-order valence-corrected chi connectivity index (χ1v) is 7.86. The van der Waals surface area contributed by atoms with Crippen molar-refractivity contribution in [1.29, 1.82) is 0 Å². The molecule has 1 aliphatic rings. The number of nitrogen functional groups attached to an aromatic ring is 1. The second-order valence-corrected chi connectivity index (χ2v) is 6.72. The van der Waals surface area contributed by atoms with E-state index in [1.807, 2.05) is 6.92 Å². The fraction of sp³-hybridized carbons (Fsp3) is 0.538. The average Bonchev–Trinajstić information content (AvgIpc) is 3.19. The molecular weight excluding hydrogens is 264 g/mol. The number of benzene rings is 1. The molecule has 1 fully saturated rings. The van der Waals surface area contributed by atoms with Crippen LogP contribution in [0.25, 0.3) is 0 Å². The molecule has 1 aromatic carbocycles. The number of nitrogens with zero attached hydrogens (tertiary/aromatic N) is 1. The molecule has 1 aliphatic carbocycles. The first-order valence-electron chi connectivity index (χ1n) is 6.42. The minimum absolute atomic E-state index is 0.187. The molecule has 0 unspecified atom stereocenters. The molecule has 1 aromatic rings. The lowest BCUT2D eigenvalue weighted by molar-refractivity contribution is 0.388. The summed E-state index contributed by atoms with van der Waals surface area (Å²) in [5.74, 6) is 0.809. The third kappa shape index (κ3) is 3.01. The zero-order chi connectivity index (χ0) is 14.0. The van der Waals surface area contributed by atoms with Crippen LogP contribution in [0.1, 0.15) is 19.8 Å². The van der Waals surface area contributed by atoms with Crippen LogP contribution in [0.4, 0.5) is 5.69 Å². The summed E-state index contributed by atoms with van der Waals surface area (Å²) in [6.07, 6.45) is 2.23. The summed E-state index contributed by atoms with van der Waals surface area (Å²) in [7, 11) is -2.06. The fourth-order valence-corrected chi connectivity index (χ4v) is 3.68. The smallest absolute Gasteiger partial charge is 0.246 e. The van der Waals surface area contributed by atoms with Crippen molar-refractivity contribution in [3.63, 3.8) is 0 Å². The van der Waals surface area contributed by atoms with Gasteiger partial charge in [-0.15, -0.1) is 0 Å². The molecule has 0 bridgehead atoms. The highest BCUT2D eigenvalue weighted by Gasteiger charge is 2.32. The summed E-state index contributed by atoms with van der Waals surface area (Å²) in [4.78, 5) is 0.187. The summed E-state index contributed by atoms with van der Waals surface area (Å²) < 4.78 is 31.9. The van der Waals surface area contributed by atoms with Crippen molar-refractivity contribution in [3.8, 4) is 5.75 Å². The van der Waals surface area contributed by atoms with E-state index in [1.54, 1.807) is 6.07 Å². The predicted octanol–water partition coefficient (Wildman–Crippen LogP) is 1.70. The van der Waals surface area contributed by atoms with Gasteiger partial charge in [0.05, 0.1) is 7.11 Å². The summed E-state index contributed by atoms with van der Waals surface area (Å²) in [6, 6.07) is 4.64. The SMILES string of the molecule is CCN(CC1CC1)S(=O)(=O)c1ccc(N)cc1OC. The molecule has 5 nitrogen and oxygen atoms in total. The Kier molecular flexibility index (Phi) is 4.01. The number of rotatable bonds is 6. The number of hydrogen-bond acceptors (Lipinski definition) is 4. The number of methoxy groups -OCH3 is 1. The van der Waals surface area contributed by atoms with Crippen molar-refractivity contribution in [2.75, 3.05) is 25.9 Å². The molecule has 2 N–H and O–H groups in total. The van der Waals surface area contributed by atoms with Crippen LogP contribution in [-0.2, 0) is 10.0 Å². The Balaban J connectivity index is 2.36. The van der Waals surface area contributed by atoms with E-state index in [2.05, 4.69) is 0 Å². The van der Waals surface area contributed by atoms with E-state index >= 15 is 0 Å². The van der Waals surface area contributed by atoms with Gasteiger partial charge in [-0.1, -0.05) is 6.92 Å². The van der Waals surface area contributed by atoms with Gasteiger partial charge < -0.3 is 10.5 Å². The number of sulfonamides is 1. The highest BCUT2D eigenvalue weighted by molar-refractivity contribution is 7.89. The average molecular weight is 284 g/mol. The zero-order valence-corrected chi connectivity index (χ0v) is 12.1. The Hall–Kier alpha value is -1.27. The molecule has 0 spiro atoms. The van der Waals surface area contributed by atoms with Crippen LogP contribution in [0.2, 0.25) is 0 Å². The summed E-state index contributed by atoms with van der Waals surface area (Å²) in [5.41, 5.74) is 6.14. The maximum Gasteiger partial charge on any atom is 0.246 e. The van der Waals surface area contributed by atoms with Crippen LogP contribution in [-0.4, -0.2) is 32.9 Å². The first kappa shape index (κ1) is 14.1. The van der Waals surface area contributed by atoms with Crippen molar-refractivity contribution in [3.05, 3.63) is 18.2 Å². The van der Waals surface area contributed by atoms with Gasteiger partial charge in [-0.25, -0.2) is 8.42 Å². The maximum atomic E-state index is 12.6. The van der Waals surface area contributed by atoms with Gasteiger partial charge in [0.1, 0.15) is 10.6 Å². The molecule has 0 aliphatic heterocycles. The van der Waals surface area contributed by atoms with Gasteiger partial charge in [0.2, 0.25) is 10.0 Å². The van der Waals surface area contributed by atoms with Crippen LogP contribution in [0.15, 0.2) is 23.1 Å². The lowest BCUT2D eigenvalue weighted by atomic mass is 10.3. The van der Waals surface area contributed by atoms with E-state index in [0.29, 0.717) is 30.4 Å². The largest absolute Gasteiger partial charge is 0.495 e. The second kappa shape index (κ2) is 5.38. The minimum Gasteiger partial charge on any atom is -0.495 e. The second-order valence-electron chi connectivity index (χ2n) is 4.81. The molecule has 0 radical (unpaired) electrons. The van der Waals surface area contributed by atoms with Crippen LogP contribution in [0, 0.1) is 5.92 Å². The standard InChI is InChI=1S/C13H20N2O3S/c1-3-15(9-10-4-5-10)19(16,17)13-7-6-11(14)8-12(13)18-2/h6-8,10H,3-5,9,14H2,1-2H3. The Morgan fingerprint density at radius 1 is 1.42 bits per heavy atom. The Morgan fingerprint density at radius 3 is 2.63 bits per heavy atom.